The highest BCUT2D eigenvalue weighted by Gasteiger charge is 2.35. The maximum absolute atomic E-state index is 13.6. The van der Waals surface area contributed by atoms with Gasteiger partial charge in [-0.2, -0.15) is 0 Å². The second-order valence-corrected chi connectivity index (χ2v) is 6.58. The van der Waals surface area contributed by atoms with Gasteiger partial charge in [0.1, 0.15) is 5.82 Å². The first kappa shape index (κ1) is 15.4. The third-order valence-corrected chi connectivity index (χ3v) is 4.94. The quantitative estimate of drug-likeness (QED) is 0.899. The van der Waals surface area contributed by atoms with Crippen molar-refractivity contribution in [2.24, 2.45) is 0 Å². The largest absolute Gasteiger partial charge is 0.389 e. The van der Waals surface area contributed by atoms with E-state index in [9.17, 15) is 14.3 Å². The fourth-order valence-electron chi connectivity index (χ4n) is 3.33. The fraction of sp³-hybridized carbons (Fsp3) is 0.588. The Morgan fingerprint density at radius 3 is 2.91 bits per heavy atom. The molecule has 0 saturated heterocycles. The molecule has 0 spiro atoms. The van der Waals surface area contributed by atoms with Gasteiger partial charge in [-0.25, -0.2) is 4.39 Å². The van der Waals surface area contributed by atoms with Gasteiger partial charge >= 0.3 is 0 Å². The van der Waals surface area contributed by atoms with Crippen LogP contribution in [-0.2, 0) is 11.3 Å². The summed E-state index contributed by atoms with van der Waals surface area (Å²) in [5.74, 6) is -0.269. The van der Waals surface area contributed by atoms with Gasteiger partial charge in [-0.3, -0.25) is 4.79 Å². The molecule has 0 aromatic heterocycles. The van der Waals surface area contributed by atoms with E-state index in [0.29, 0.717) is 19.6 Å². The number of amides is 1. The predicted octanol–water partition coefficient (Wildman–Crippen LogP) is 2.12. The number of nitrogens with zero attached hydrogens (tertiary/aromatic N) is 1. The zero-order valence-electron chi connectivity index (χ0n) is 12.9. The molecule has 1 heterocycles. The molecule has 3 rings (SSSR count). The minimum Gasteiger partial charge on any atom is -0.389 e. The lowest BCUT2D eigenvalue weighted by atomic mass is 9.80. The summed E-state index contributed by atoms with van der Waals surface area (Å²) in [5.41, 5.74) is 1.30. The van der Waals surface area contributed by atoms with E-state index in [1.54, 1.807) is 17.9 Å². The van der Waals surface area contributed by atoms with Crippen LogP contribution in [0, 0.1) is 5.82 Å². The van der Waals surface area contributed by atoms with Crippen molar-refractivity contribution in [2.75, 3.05) is 13.1 Å². The third kappa shape index (κ3) is 3.15. The van der Waals surface area contributed by atoms with Crippen LogP contribution < -0.4 is 5.32 Å². The van der Waals surface area contributed by atoms with Crippen molar-refractivity contribution in [3.8, 4) is 0 Å². The Kier molecular flexibility index (Phi) is 4.19. The van der Waals surface area contributed by atoms with Crippen LogP contribution in [0.4, 0.5) is 4.39 Å². The van der Waals surface area contributed by atoms with Crippen LogP contribution in [0.1, 0.15) is 49.8 Å². The van der Waals surface area contributed by atoms with E-state index in [2.05, 4.69) is 5.32 Å². The zero-order valence-corrected chi connectivity index (χ0v) is 12.9. The molecule has 1 aliphatic carbocycles. The number of carbonyl (C=O) groups is 1. The SMILES string of the molecule is CC(=O)N1CCC(NCC2(O)CCC2)c2ccc(F)cc2C1. The molecule has 0 radical (unpaired) electrons. The summed E-state index contributed by atoms with van der Waals surface area (Å²) in [6.07, 6.45) is 3.52. The maximum atomic E-state index is 13.6. The lowest BCUT2D eigenvalue weighted by Gasteiger charge is -2.38. The molecule has 1 saturated carbocycles. The van der Waals surface area contributed by atoms with Gasteiger partial charge in [0.2, 0.25) is 5.91 Å². The van der Waals surface area contributed by atoms with Gasteiger partial charge in [-0.1, -0.05) is 6.07 Å². The third-order valence-electron chi connectivity index (χ3n) is 4.94. The summed E-state index contributed by atoms with van der Waals surface area (Å²) in [6.45, 7) is 3.19. The molecule has 0 bridgehead atoms. The van der Waals surface area contributed by atoms with E-state index >= 15 is 0 Å². The highest BCUT2D eigenvalue weighted by atomic mass is 19.1. The number of rotatable bonds is 3. The molecule has 1 aromatic rings. The van der Waals surface area contributed by atoms with Gasteiger partial charge in [-0.05, 0) is 48.9 Å². The molecular formula is C17H23FN2O2. The minimum absolute atomic E-state index is 0.00785. The summed E-state index contributed by atoms with van der Waals surface area (Å²) >= 11 is 0. The van der Waals surface area contributed by atoms with Crippen LogP contribution >= 0.6 is 0 Å². The lowest BCUT2D eigenvalue weighted by molar-refractivity contribution is -0.129. The van der Waals surface area contributed by atoms with Crippen LogP contribution in [-0.4, -0.2) is 34.6 Å². The predicted molar refractivity (Wildman–Crippen MR) is 81.7 cm³/mol. The average Bonchev–Trinajstić information content (AvgIpc) is 2.62. The number of carbonyl (C=O) groups excluding carboxylic acids is 1. The van der Waals surface area contributed by atoms with Crippen molar-refractivity contribution in [3.05, 3.63) is 35.1 Å². The number of halogens is 1. The van der Waals surface area contributed by atoms with Gasteiger partial charge < -0.3 is 15.3 Å². The fourth-order valence-corrected chi connectivity index (χ4v) is 3.33. The first-order valence-electron chi connectivity index (χ1n) is 7.96. The summed E-state index contributed by atoms with van der Waals surface area (Å²) < 4.78 is 13.6. The highest BCUT2D eigenvalue weighted by Crippen LogP contribution is 2.33. The number of hydrogen-bond donors (Lipinski definition) is 2. The zero-order chi connectivity index (χ0) is 15.7. The Morgan fingerprint density at radius 2 is 2.27 bits per heavy atom. The lowest BCUT2D eigenvalue weighted by Crippen LogP contribution is -2.47. The van der Waals surface area contributed by atoms with E-state index < -0.39 is 5.60 Å². The van der Waals surface area contributed by atoms with Crippen LogP contribution in [0.2, 0.25) is 0 Å². The van der Waals surface area contributed by atoms with Crippen LogP contribution in [0.25, 0.3) is 0 Å². The van der Waals surface area contributed by atoms with Gasteiger partial charge in [0.05, 0.1) is 5.60 Å². The van der Waals surface area contributed by atoms with Crippen LogP contribution in [0.3, 0.4) is 0 Å². The normalized spacial score (nSPS) is 23.4. The van der Waals surface area contributed by atoms with Crippen LogP contribution in [0.5, 0.6) is 0 Å². The maximum Gasteiger partial charge on any atom is 0.219 e. The first-order chi connectivity index (χ1) is 10.5. The topological polar surface area (TPSA) is 52.6 Å². The summed E-state index contributed by atoms with van der Waals surface area (Å²) in [6, 6.07) is 4.83. The number of hydrogen-bond acceptors (Lipinski definition) is 3. The first-order valence-corrected chi connectivity index (χ1v) is 7.96. The molecule has 120 valence electrons. The van der Waals surface area contributed by atoms with Crippen LogP contribution in [0.15, 0.2) is 18.2 Å². The Balaban J connectivity index is 1.80. The minimum atomic E-state index is -0.591. The molecule has 1 atom stereocenters. The van der Waals surface area contributed by atoms with Crippen molar-refractivity contribution in [1.82, 2.24) is 10.2 Å². The second-order valence-electron chi connectivity index (χ2n) is 6.58. The second kappa shape index (κ2) is 5.97. The number of aliphatic hydroxyl groups is 1. The monoisotopic (exact) mass is 306 g/mol. The van der Waals surface area contributed by atoms with Crippen molar-refractivity contribution >= 4 is 5.91 Å². The molecule has 5 heteroatoms. The van der Waals surface area contributed by atoms with Crippen molar-refractivity contribution in [3.63, 3.8) is 0 Å². The van der Waals surface area contributed by atoms with Crippen molar-refractivity contribution in [2.45, 2.75) is 50.8 Å². The Labute approximate surface area is 130 Å². The summed E-state index contributed by atoms with van der Waals surface area (Å²) in [4.78, 5) is 13.4. The summed E-state index contributed by atoms with van der Waals surface area (Å²) in [5, 5.41) is 13.7. The van der Waals surface area contributed by atoms with E-state index in [-0.39, 0.29) is 17.8 Å². The smallest absolute Gasteiger partial charge is 0.219 e. The molecule has 2 N–H and O–H groups in total. The van der Waals surface area contributed by atoms with E-state index in [1.165, 1.54) is 12.1 Å². The van der Waals surface area contributed by atoms with Gasteiger partial charge in [0.15, 0.2) is 0 Å². The Bertz CT molecular complexity index is 572. The number of benzene rings is 1. The van der Waals surface area contributed by atoms with Gasteiger partial charge in [0, 0.05) is 32.6 Å². The molecule has 4 nitrogen and oxygen atoms in total. The average molecular weight is 306 g/mol. The molecule has 1 aliphatic heterocycles. The molecular weight excluding hydrogens is 283 g/mol. The number of nitrogens with one attached hydrogen (secondary N) is 1. The number of fused-ring (bicyclic) bond motifs is 1. The Morgan fingerprint density at radius 1 is 1.50 bits per heavy atom. The molecule has 1 amide bonds. The molecule has 1 unspecified atom stereocenters. The highest BCUT2D eigenvalue weighted by molar-refractivity contribution is 5.73. The molecule has 2 aliphatic rings. The molecule has 1 fully saturated rings. The van der Waals surface area contributed by atoms with E-state index in [1.807, 2.05) is 0 Å². The van der Waals surface area contributed by atoms with E-state index in [0.717, 1.165) is 36.8 Å². The Hall–Kier alpha value is -1.46. The summed E-state index contributed by atoms with van der Waals surface area (Å²) in [7, 11) is 0. The van der Waals surface area contributed by atoms with Crippen molar-refractivity contribution in [1.29, 1.82) is 0 Å². The molecule has 22 heavy (non-hydrogen) atoms. The van der Waals surface area contributed by atoms with Gasteiger partial charge in [0.25, 0.3) is 0 Å². The molecule has 1 aromatic carbocycles. The van der Waals surface area contributed by atoms with Gasteiger partial charge in [-0.15, -0.1) is 0 Å². The standard InChI is InChI=1S/C17H23FN2O2/c1-12(21)20-8-5-16(19-11-17(22)6-2-7-17)15-4-3-14(18)9-13(15)10-20/h3-4,9,16,19,22H,2,5-8,10-11H2,1H3. The van der Waals surface area contributed by atoms with Crippen molar-refractivity contribution < 1.29 is 14.3 Å². The van der Waals surface area contributed by atoms with E-state index in [4.69, 9.17) is 0 Å².